The number of benzene rings is 1. The van der Waals surface area contributed by atoms with Crippen LogP contribution in [0.15, 0.2) is 24.3 Å². The summed E-state index contributed by atoms with van der Waals surface area (Å²) < 4.78 is 37.8. The van der Waals surface area contributed by atoms with Gasteiger partial charge >= 0.3 is 6.18 Å². The van der Waals surface area contributed by atoms with Crippen LogP contribution in [-0.2, 0) is 6.18 Å². The van der Waals surface area contributed by atoms with Crippen molar-refractivity contribution < 1.29 is 13.2 Å². The van der Waals surface area contributed by atoms with Gasteiger partial charge in [0.15, 0.2) is 0 Å². The van der Waals surface area contributed by atoms with Crippen molar-refractivity contribution in [3.8, 4) is 0 Å². The molecule has 1 heterocycles. The Morgan fingerprint density at radius 2 is 2.00 bits per heavy atom. The molecule has 112 valence electrons. The molecule has 0 radical (unpaired) electrons. The van der Waals surface area contributed by atoms with Crippen molar-refractivity contribution >= 4 is 11.8 Å². The second kappa shape index (κ2) is 6.85. The molecule has 1 nitrogen and oxygen atoms in total. The maximum Gasteiger partial charge on any atom is 0.416 e. The average molecular weight is 303 g/mol. The van der Waals surface area contributed by atoms with Gasteiger partial charge in [0.2, 0.25) is 0 Å². The maximum absolute atomic E-state index is 12.6. The fourth-order valence-electron chi connectivity index (χ4n) is 2.51. The zero-order valence-corrected chi connectivity index (χ0v) is 12.4. The van der Waals surface area contributed by atoms with Gasteiger partial charge in [-0.2, -0.15) is 24.9 Å². The molecule has 0 aromatic heterocycles. The first-order valence-electron chi connectivity index (χ1n) is 7.04. The Bertz CT molecular complexity index is 410. The van der Waals surface area contributed by atoms with Gasteiger partial charge in [0.05, 0.1) is 5.56 Å². The van der Waals surface area contributed by atoms with E-state index >= 15 is 0 Å². The minimum absolute atomic E-state index is 0.157. The standard InChI is InChI=1S/C15H20F3NS/c1-2-9-19-14(13-4-3-10-20-13)11-5-7-12(8-6-11)15(16,17)18/h5-8,13-14,19H,2-4,9-10H2,1H3. The molecule has 2 atom stereocenters. The Labute approximate surface area is 122 Å². The fourth-order valence-corrected chi connectivity index (χ4v) is 3.92. The van der Waals surface area contributed by atoms with Gasteiger partial charge in [-0.1, -0.05) is 19.1 Å². The van der Waals surface area contributed by atoms with E-state index in [1.807, 2.05) is 11.8 Å². The summed E-state index contributed by atoms with van der Waals surface area (Å²) in [5.74, 6) is 1.15. The van der Waals surface area contributed by atoms with Crippen molar-refractivity contribution in [2.24, 2.45) is 0 Å². The molecular formula is C15H20F3NS. The fraction of sp³-hybridized carbons (Fsp3) is 0.600. The molecule has 0 aliphatic carbocycles. The lowest BCUT2D eigenvalue weighted by Crippen LogP contribution is -2.29. The first-order chi connectivity index (χ1) is 9.52. The predicted molar refractivity (Wildman–Crippen MR) is 78.0 cm³/mol. The van der Waals surface area contributed by atoms with Gasteiger partial charge in [0.25, 0.3) is 0 Å². The molecule has 2 unspecified atom stereocenters. The second-order valence-corrected chi connectivity index (χ2v) is 6.45. The van der Waals surface area contributed by atoms with Crippen LogP contribution in [0.5, 0.6) is 0 Å². The summed E-state index contributed by atoms with van der Waals surface area (Å²) in [6.45, 7) is 2.99. The Hall–Kier alpha value is -0.680. The Kier molecular flexibility index (Phi) is 5.38. The van der Waals surface area contributed by atoms with E-state index in [2.05, 4.69) is 12.2 Å². The van der Waals surface area contributed by atoms with Crippen LogP contribution in [0.4, 0.5) is 13.2 Å². The third kappa shape index (κ3) is 3.92. The topological polar surface area (TPSA) is 12.0 Å². The van der Waals surface area contributed by atoms with Gasteiger partial charge in [-0.05, 0) is 49.3 Å². The van der Waals surface area contributed by atoms with Gasteiger partial charge in [-0.3, -0.25) is 0 Å². The van der Waals surface area contributed by atoms with E-state index in [1.165, 1.54) is 18.6 Å². The lowest BCUT2D eigenvalue weighted by atomic mass is 9.99. The molecule has 1 fully saturated rings. The minimum Gasteiger partial charge on any atom is -0.309 e. The number of hydrogen-bond acceptors (Lipinski definition) is 2. The summed E-state index contributed by atoms with van der Waals surface area (Å²) in [5, 5.41) is 3.95. The molecular weight excluding hydrogens is 283 g/mol. The average Bonchev–Trinajstić information content (AvgIpc) is 2.93. The molecule has 0 saturated carbocycles. The van der Waals surface area contributed by atoms with E-state index in [-0.39, 0.29) is 6.04 Å². The van der Waals surface area contributed by atoms with E-state index in [0.29, 0.717) is 5.25 Å². The van der Waals surface area contributed by atoms with Crippen LogP contribution in [0.3, 0.4) is 0 Å². The molecule has 0 spiro atoms. The van der Waals surface area contributed by atoms with Crippen molar-refractivity contribution in [3.05, 3.63) is 35.4 Å². The number of hydrogen-bond donors (Lipinski definition) is 1. The van der Waals surface area contributed by atoms with Crippen molar-refractivity contribution in [1.82, 2.24) is 5.32 Å². The quantitative estimate of drug-likeness (QED) is 0.850. The van der Waals surface area contributed by atoms with E-state index in [1.54, 1.807) is 12.1 Å². The SMILES string of the molecule is CCCNC(c1ccc(C(F)(F)F)cc1)C1CCCS1. The predicted octanol–water partition coefficient (Wildman–Crippen LogP) is 4.64. The first kappa shape index (κ1) is 15.7. The highest BCUT2D eigenvalue weighted by Crippen LogP contribution is 2.37. The van der Waals surface area contributed by atoms with Gasteiger partial charge in [0.1, 0.15) is 0 Å². The van der Waals surface area contributed by atoms with Crippen LogP contribution in [0.25, 0.3) is 0 Å². The van der Waals surface area contributed by atoms with Crippen molar-refractivity contribution in [2.75, 3.05) is 12.3 Å². The van der Waals surface area contributed by atoms with Crippen molar-refractivity contribution in [1.29, 1.82) is 0 Å². The van der Waals surface area contributed by atoms with Crippen LogP contribution in [0.2, 0.25) is 0 Å². The lowest BCUT2D eigenvalue weighted by molar-refractivity contribution is -0.137. The molecule has 2 rings (SSSR count). The van der Waals surface area contributed by atoms with Crippen molar-refractivity contribution in [3.63, 3.8) is 0 Å². The molecule has 1 aliphatic heterocycles. The highest BCUT2D eigenvalue weighted by atomic mass is 32.2. The normalized spacial score (nSPS) is 21.1. The molecule has 1 aromatic carbocycles. The number of alkyl halides is 3. The molecule has 0 bridgehead atoms. The van der Waals surface area contributed by atoms with Crippen LogP contribution in [-0.4, -0.2) is 17.5 Å². The number of rotatable bonds is 5. The van der Waals surface area contributed by atoms with Crippen LogP contribution in [0, 0.1) is 0 Å². The number of nitrogens with one attached hydrogen (secondary N) is 1. The van der Waals surface area contributed by atoms with Crippen LogP contribution < -0.4 is 5.32 Å². The summed E-state index contributed by atoms with van der Waals surface area (Å²) >= 11 is 1.92. The molecule has 1 saturated heterocycles. The summed E-state index contributed by atoms with van der Waals surface area (Å²) in [6, 6.07) is 5.78. The number of thioether (sulfide) groups is 1. The monoisotopic (exact) mass is 303 g/mol. The molecule has 1 N–H and O–H groups in total. The van der Waals surface area contributed by atoms with Gasteiger partial charge in [0, 0.05) is 11.3 Å². The van der Waals surface area contributed by atoms with E-state index in [9.17, 15) is 13.2 Å². The summed E-state index contributed by atoms with van der Waals surface area (Å²) in [5.41, 5.74) is 0.389. The zero-order valence-electron chi connectivity index (χ0n) is 11.5. The third-order valence-electron chi connectivity index (χ3n) is 3.55. The molecule has 1 aromatic rings. The largest absolute Gasteiger partial charge is 0.416 e. The number of halogens is 3. The zero-order chi connectivity index (χ0) is 14.6. The molecule has 20 heavy (non-hydrogen) atoms. The van der Waals surface area contributed by atoms with Crippen LogP contribution >= 0.6 is 11.8 Å². The highest BCUT2D eigenvalue weighted by Gasteiger charge is 2.31. The van der Waals surface area contributed by atoms with Gasteiger partial charge < -0.3 is 5.32 Å². The second-order valence-electron chi connectivity index (χ2n) is 5.10. The van der Waals surface area contributed by atoms with Crippen molar-refractivity contribution in [2.45, 2.75) is 43.7 Å². The molecule has 5 heteroatoms. The Morgan fingerprint density at radius 1 is 1.30 bits per heavy atom. The van der Waals surface area contributed by atoms with E-state index in [4.69, 9.17) is 0 Å². The first-order valence-corrected chi connectivity index (χ1v) is 8.09. The lowest BCUT2D eigenvalue weighted by Gasteiger charge is -2.25. The summed E-state index contributed by atoms with van der Waals surface area (Å²) in [7, 11) is 0. The van der Waals surface area contributed by atoms with E-state index < -0.39 is 11.7 Å². The Balaban J connectivity index is 2.15. The third-order valence-corrected chi connectivity index (χ3v) is 5.01. The Morgan fingerprint density at radius 3 is 2.50 bits per heavy atom. The summed E-state index contributed by atoms with van der Waals surface area (Å²) in [4.78, 5) is 0. The highest BCUT2D eigenvalue weighted by molar-refractivity contribution is 8.00. The smallest absolute Gasteiger partial charge is 0.309 e. The van der Waals surface area contributed by atoms with Gasteiger partial charge in [-0.15, -0.1) is 0 Å². The maximum atomic E-state index is 12.6. The van der Waals surface area contributed by atoms with Gasteiger partial charge in [-0.25, -0.2) is 0 Å². The summed E-state index contributed by atoms with van der Waals surface area (Å²) in [6.07, 6.45) is -0.908. The minimum atomic E-state index is -4.26. The molecule has 0 amide bonds. The van der Waals surface area contributed by atoms with Crippen LogP contribution in [0.1, 0.15) is 43.4 Å². The van der Waals surface area contributed by atoms with E-state index in [0.717, 1.165) is 30.7 Å². The molecule has 1 aliphatic rings.